The van der Waals surface area contributed by atoms with Gasteiger partial charge in [0.15, 0.2) is 7.12 Å². The molecule has 0 aliphatic carbocycles. The van der Waals surface area contributed by atoms with Crippen molar-refractivity contribution in [3.8, 4) is 0 Å². The van der Waals surface area contributed by atoms with Crippen molar-refractivity contribution in [2.75, 3.05) is 0 Å². The van der Waals surface area contributed by atoms with E-state index in [1.165, 1.54) is 23.9 Å². The van der Waals surface area contributed by atoms with Gasteiger partial charge < -0.3 is 0 Å². The van der Waals surface area contributed by atoms with Crippen LogP contribution in [0.15, 0.2) is 54.1 Å². The average molecular weight is 205 g/mol. The second-order valence-electron chi connectivity index (χ2n) is 2.19. The van der Waals surface area contributed by atoms with E-state index in [9.17, 15) is 4.79 Å². The zero-order valence-corrected chi connectivity index (χ0v) is 8.96. The zero-order valence-electron chi connectivity index (χ0n) is 8.14. The van der Waals surface area contributed by atoms with Gasteiger partial charge in [-0.3, -0.25) is 9.79 Å². The summed E-state index contributed by atoms with van der Waals surface area (Å²) in [6.07, 6.45) is 7.66. The molecule has 0 aliphatic rings. The van der Waals surface area contributed by atoms with Gasteiger partial charge in [-0.05, 0) is 17.6 Å². The second kappa shape index (κ2) is 8.32. The Kier molecular flexibility index (Phi) is 7.56. The molecule has 72 valence electrons. The molecular formula is C10H12BNOS. The summed E-state index contributed by atoms with van der Waals surface area (Å²) in [5, 5.41) is 1.71. The molecular weight excluding hydrogens is 193 g/mol. The predicted octanol–water partition coefficient (Wildman–Crippen LogP) is 1.68. The quantitative estimate of drug-likeness (QED) is 0.285. The highest BCUT2D eigenvalue weighted by molar-refractivity contribution is 8.22. The minimum atomic E-state index is -0.141. The molecule has 0 unspecified atom stereocenters. The number of nitrogens with zero attached hydrogens (tertiary/aromatic N) is 1. The van der Waals surface area contributed by atoms with Crippen LogP contribution in [0.25, 0.3) is 0 Å². The van der Waals surface area contributed by atoms with Crippen LogP contribution >= 0.6 is 11.6 Å². The number of rotatable bonds is 6. The van der Waals surface area contributed by atoms with Crippen LogP contribution in [0.1, 0.15) is 0 Å². The highest BCUT2D eigenvalue weighted by Gasteiger charge is 2.01. The molecule has 0 atom stereocenters. The molecule has 0 saturated heterocycles. The molecule has 0 aliphatic heterocycles. The van der Waals surface area contributed by atoms with Crippen LogP contribution < -0.4 is 0 Å². The number of hydrogen-bond acceptors (Lipinski definition) is 3. The summed E-state index contributed by atoms with van der Waals surface area (Å²) in [5.41, 5.74) is 0.352. The molecule has 0 aromatic carbocycles. The Morgan fingerprint density at radius 2 is 2.07 bits per heavy atom. The van der Waals surface area contributed by atoms with Crippen LogP contribution in [-0.2, 0) is 4.79 Å². The molecule has 0 radical (unpaired) electrons. The van der Waals surface area contributed by atoms with E-state index in [2.05, 4.69) is 18.2 Å². The molecule has 4 heteroatoms. The summed E-state index contributed by atoms with van der Waals surface area (Å²) in [6, 6.07) is 0. The lowest BCUT2D eigenvalue weighted by molar-refractivity contribution is -0.108. The van der Waals surface area contributed by atoms with Crippen molar-refractivity contribution in [2.45, 2.75) is 0 Å². The fourth-order valence-corrected chi connectivity index (χ4v) is 0.921. The number of ketones is 1. The monoisotopic (exact) mass is 205 g/mol. The van der Waals surface area contributed by atoms with E-state index in [0.29, 0.717) is 5.71 Å². The normalized spacial score (nSPS) is 12.1. The molecule has 2 nitrogen and oxygen atoms in total. The Hall–Kier alpha value is -1.29. The summed E-state index contributed by atoms with van der Waals surface area (Å²) >= 11 is 1.46. The van der Waals surface area contributed by atoms with Crippen LogP contribution in [-0.4, -0.2) is 18.6 Å². The van der Waals surface area contributed by atoms with Gasteiger partial charge in [0.1, 0.15) is 5.71 Å². The zero-order chi connectivity index (χ0) is 10.8. The van der Waals surface area contributed by atoms with Gasteiger partial charge in [-0.1, -0.05) is 25.3 Å². The maximum absolute atomic E-state index is 11.4. The molecule has 0 saturated carbocycles. The first-order chi connectivity index (χ1) is 6.76. The van der Waals surface area contributed by atoms with Crippen molar-refractivity contribution in [3.63, 3.8) is 0 Å². The lowest BCUT2D eigenvalue weighted by Crippen LogP contribution is -2.07. The first kappa shape index (κ1) is 12.7. The van der Waals surface area contributed by atoms with Gasteiger partial charge in [0.05, 0.1) is 0 Å². The van der Waals surface area contributed by atoms with Gasteiger partial charge >= 0.3 is 0 Å². The third-order valence-electron chi connectivity index (χ3n) is 1.23. The summed E-state index contributed by atoms with van der Waals surface area (Å²) in [5.74, 6) is -0.141. The van der Waals surface area contributed by atoms with Crippen molar-refractivity contribution in [3.05, 3.63) is 49.1 Å². The molecule has 0 aromatic rings. The van der Waals surface area contributed by atoms with E-state index in [4.69, 9.17) is 0 Å². The van der Waals surface area contributed by atoms with E-state index in [0.717, 1.165) is 0 Å². The van der Waals surface area contributed by atoms with Crippen molar-refractivity contribution in [2.24, 2.45) is 4.99 Å². The molecule has 0 fully saturated rings. The van der Waals surface area contributed by atoms with Crippen molar-refractivity contribution in [1.29, 1.82) is 0 Å². The maximum atomic E-state index is 11.4. The van der Waals surface area contributed by atoms with E-state index in [1.54, 1.807) is 23.6 Å². The summed E-state index contributed by atoms with van der Waals surface area (Å²) in [7, 11) is 1.88. The molecule has 0 bridgehead atoms. The SMILES string of the molecule is BS/C=C/C(=O)C(/C=C\C=C)=N/C=C. The van der Waals surface area contributed by atoms with Gasteiger partial charge in [0, 0.05) is 6.20 Å². The van der Waals surface area contributed by atoms with Gasteiger partial charge in [0.2, 0.25) is 5.78 Å². The smallest absolute Gasteiger partial charge is 0.204 e. The summed E-state index contributed by atoms with van der Waals surface area (Å²) < 4.78 is 0. The van der Waals surface area contributed by atoms with E-state index < -0.39 is 0 Å². The second-order valence-corrected chi connectivity index (χ2v) is 2.94. The Balaban J connectivity index is 4.66. The van der Waals surface area contributed by atoms with Crippen molar-refractivity contribution >= 4 is 30.2 Å². The van der Waals surface area contributed by atoms with Crippen LogP contribution in [0, 0.1) is 0 Å². The Morgan fingerprint density at radius 3 is 2.57 bits per heavy atom. The fourth-order valence-electron chi connectivity index (χ4n) is 0.662. The molecule has 0 spiro atoms. The van der Waals surface area contributed by atoms with Gasteiger partial charge in [-0.25, -0.2) is 0 Å². The van der Waals surface area contributed by atoms with E-state index in [1.807, 2.05) is 7.12 Å². The number of carbonyl (C=O) groups excluding carboxylic acids is 1. The number of hydrogen-bond donors (Lipinski definition) is 0. The van der Waals surface area contributed by atoms with Crippen LogP contribution in [0.3, 0.4) is 0 Å². The molecule has 0 heterocycles. The van der Waals surface area contributed by atoms with Gasteiger partial charge in [-0.15, -0.1) is 0 Å². The Morgan fingerprint density at radius 1 is 1.36 bits per heavy atom. The molecule has 0 amide bonds. The standard InChI is InChI=1S/C10H12BNOS/c1-3-5-6-9(12-4-2)10(13)7-8-14-11/h3-8H,1-2,11H2/b6-5-,8-7+,12-9+. The van der Waals surface area contributed by atoms with E-state index in [-0.39, 0.29) is 5.78 Å². The average Bonchev–Trinajstić information content (AvgIpc) is 2.20. The first-order valence-corrected chi connectivity index (χ1v) is 5.26. The fraction of sp³-hybridized carbons (Fsp3) is 0. The third kappa shape index (κ3) is 5.38. The maximum Gasteiger partial charge on any atom is 0.204 e. The molecule has 0 aromatic heterocycles. The van der Waals surface area contributed by atoms with Crippen LogP contribution in [0.2, 0.25) is 0 Å². The van der Waals surface area contributed by atoms with Crippen molar-refractivity contribution in [1.82, 2.24) is 0 Å². The van der Waals surface area contributed by atoms with Gasteiger partial charge in [-0.2, -0.15) is 11.6 Å². The molecule has 0 N–H and O–H groups in total. The third-order valence-corrected chi connectivity index (χ3v) is 1.64. The molecule has 14 heavy (non-hydrogen) atoms. The minimum Gasteiger partial charge on any atom is -0.288 e. The van der Waals surface area contributed by atoms with Crippen LogP contribution in [0.4, 0.5) is 0 Å². The van der Waals surface area contributed by atoms with Crippen molar-refractivity contribution < 1.29 is 4.79 Å². The number of aliphatic imine (C=N–C) groups is 1. The van der Waals surface area contributed by atoms with Gasteiger partial charge in [0.25, 0.3) is 0 Å². The predicted molar refractivity (Wildman–Crippen MR) is 67.3 cm³/mol. The topological polar surface area (TPSA) is 29.4 Å². The van der Waals surface area contributed by atoms with E-state index >= 15 is 0 Å². The molecule has 0 rings (SSSR count). The highest BCUT2D eigenvalue weighted by atomic mass is 32.2. The number of allylic oxidation sites excluding steroid dienone is 4. The lowest BCUT2D eigenvalue weighted by Gasteiger charge is -1.92. The summed E-state index contributed by atoms with van der Waals surface area (Å²) in [6.45, 7) is 6.96. The Bertz CT molecular complexity index is 305. The Labute approximate surface area is 89.5 Å². The lowest BCUT2D eigenvalue weighted by atomic mass is 10.2. The number of carbonyl (C=O) groups is 1. The summed E-state index contributed by atoms with van der Waals surface area (Å²) in [4.78, 5) is 15.3. The van der Waals surface area contributed by atoms with Crippen LogP contribution in [0.5, 0.6) is 0 Å². The highest BCUT2D eigenvalue weighted by Crippen LogP contribution is 1.95. The largest absolute Gasteiger partial charge is 0.288 e. The minimum absolute atomic E-state index is 0.141. The first-order valence-electron chi connectivity index (χ1n) is 3.97.